The number of nitrogen functional groups attached to an aromatic ring is 1. The highest BCUT2D eigenvalue weighted by Crippen LogP contribution is 2.15. The average Bonchev–Trinajstić information content (AvgIpc) is 2.26. The molecule has 5 heteroatoms. The Balaban J connectivity index is 0.000000921. The van der Waals surface area contributed by atoms with E-state index in [1.807, 2.05) is 13.8 Å². The Morgan fingerprint density at radius 3 is 2.67 bits per heavy atom. The lowest BCUT2D eigenvalue weighted by Gasteiger charge is -2.10. The van der Waals surface area contributed by atoms with Crippen LogP contribution in [0.2, 0.25) is 0 Å². The third-order valence-electron chi connectivity index (χ3n) is 1.44. The third kappa shape index (κ3) is 4.60. The summed E-state index contributed by atoms with van der Waals surface area (Å²) in [6.07, 6.45) is 0.603. The van der Waals surface area contributed by atoms with Crippen molar-refractivity contribution in [1.82, 2.24) is 4.98 Å². The number of ether oxygens (including phenoxy) is 1. The molecule has 1 unspecified atom stereocenters. The molecule has 0 aliphatic carbocycles. The molecule has 0 fully saturated rings. The molecule has 0 spiro atoms. The summed E-state index contributed by atoms with van der Waals surface area (Å²) in [6, 6.07) is 1.28. The van der Waals surface area contributed by atoms with Gasteiger partial charge in [0.2, 0.25) is 5.88 Å². The van der Waals surface area contributed by atoms with E-state index in [0.717, 1.165) is 6.20 Å². The van der Waals surface area contributed by atoms with Crippen LogP contribution in [0.25, 0.3) is 0 Å². The molecule has 3 N–H and O–H groups in total. The lowest BCUT2D eigenvalue weighted by atomic mass is 10.4. The van der Waals surface area contributed by atoms with Crippen LogP contribution in [0.4, 0.5) is 10.1 Å². The largest absolute Gasteiger partial charge is 0.472 e. The van der Waals surface area contributed by atoms with Crippen molar-refractivity contribution in [2.75, 3.05) is 12.3 Å². The fourth-order valence-corrected chi connectivity index (χ4v) is 0.742. The van der Waals surface area contributed by atoms with Crippen molar-refractivity contribution in [2.45, 2.75) is 26.9 Å². The topological polar surface area (TPSA) is 68.4 Å². The van der Waals surface area contributed by atoms with Gasteiger partial charge in [0.15, 0.2) is 5.82 Å². The number of anilines is 1. The van der Waals surface area contributed by atoms with Crippen molar-refractivity contribution in [3.63, 3.8) is 0 Å². The number of pyridine rings is 1. The highest BCUT2D eigenvalue weighted by molar-refractivity contribution is 5.41. The Morgan fingerprint density at radius 2 is 2.20 bits per heavy atom. The van der Waals surface area contributed by atoms with E-state index in [2.05, 4.69) is 4.98 Å². The quantitative estimate of drug-likeness (QED) is 0.805. The zero-order valence-corrected chi connectivity index (χ0v) is 9.20. The number of nitrogens with zero attached hydrogens (tertiary/aromatic N) is 1. The molecule has 1 rings (SSSR count). The van der Waals surface area contributed by atoms with Gasteiger partial charge in [0.1, 0.15) is 6.10 Å². The summed E-state index contributed by atoms with van der Waals surface area (Å²) >= 11 is 0. The van der Waals surface area contributed by atoms with Crippen molar-refractivity contribution in [3.8, 4) is 5.88 Å². The molecule has 86 valence electrons. The minimum Gasteiger partial charge on any atom is -0.472 e. The Kier molecular flexibility index (Phi) is 6.37. The van der Waals surface area contributed by atoms with Crippen LogP contribution in [0.1, 0.15) is 20.8 Å². The van der Waals surface area contributed by atoms with E-state index < -0.39 is 5.82 Å². The van der Waals surface area contributed by atoms with Gasteiger partial charge in [0.25, 0.3) is 0 Å². The van der Waals surface area contributed by atoms with Gasteiger partial charge in [-0.05, 0) is 6.92 Å². The molecule has 1 heterocycles. The molecule has 0 aromatic carbocycles. The maximum Gasteiger partial charge on any atom is 0.215 e. The number of halogens is 1. The van der Waals surface area contributed by atoms with Crippen molar-refractivity contribution in [2.24, 2.45) is 0 Å². The zero-order chi connectivity index (χ0) is 11.8. The van der Waals surface area contributed by atoms with Crippen LogP contribution >= 0.6 is 0 Å². The van der Waals surface area contributed by atoms with Gasteiger partial charge in [-0.15, -0.1) is 0 Å². The molecule has 15 heavy (non-hydrogen) atoms. The smallest absolute Gasteiger partial charge is 0.215 e. The van der Waals surface area contributed by atoms with Crippen molar-refractivity contribution < 1.29 is 14.2 Å². The van der Waals surface area contributed by atoms with Crippen LogP contribution in [0, 0.1) is 5.82 Å². The molecular weight excluding hydrogens is 199 g/mol. The van der Waals surface area contributed by atoms with Crippen LogP contribution in [0.15, 0.2) is 12.3 Å². The normalized spacial score (nSPS) is 11.3. The van der Waals surface area contributed by atoms with Crippen molar-refractivity contribution >= 4 is 5.69 Å². The summed E-state index contributed by atoms with van der Waals surface area (Å²) < 4.78 is 17.7. The fourth-order valence-electron chi connectivity index (χ4n) is 0.742. The van der Waals surface area contributed by atoms with Crippen molar-refractivity contribution in [1.29, 1.82) is 0 Å². The van der Waals surface area contributed by atoms with E-state index in [1.165, 1.54) is 6.07 Å². The molecular formula is C10H17FN2O2. The first-order chi connectivity index (χ1) is 7.13. The second kappa shape index (κ2) is 7.00. The molecule has 4 nitrogen and oxygen atoms in total. The number of hydrogen-bond donors (Lipinski definition) is 2. The highest BCUT2D eigenvalue weighted by Gasteiger charge is 2.05. The lowest BCUT2D eigenvalue weighted by molar-refractivity contribution is 0.125. The van der Waals surface area contributed by atoms with Crippen LogP contribution < -0.4 is 10.5 Å². The minimum atomic E-state index is -0.580. The zero-order valence-electron chi connectivity index (χ0n) is 9.20. The second-order valence-corrected chi connectivity index (χ2v) is 2.66. The second-order valence-electron chi connectivity index (χ2n) is 2.66. The number of aliphatic hydroxyl groups excluding tert-OH is 1. The van der Waals surface area contributed by atoms with Gasteiger partial charge >= 0.3 is 0 Å². The van der Waals surface area contributed by atoms with Crippen LogP contribution in [-0.2, 0) is 0 Å². The SMILES string of the molecule is CC.CC(CO)Oc1cc(N)c(F)cn1. The maximum absolute atomic E-state index is 12.6. The van der Waals surface area contributed by atoms with E-state index >= 15 is 0 Å². The minimum absolute atomic E-state index is 0.0184. The molecule has 0 amide bonds. The maximum atomic E-state index is 12.6. The molecule has 0 saturated carbocycles. The number of aliphatic hydroxyl groups is 1. The van der Waals surface area contributed by atoms with Gasteiger partial charge in [-0.1, -0.05) is 13.8 Å². The first kappa shape index (κ1) is 13.6. The number of hydrogen-bond acceptors (Lipinski definition) is 4. The highest BCUT2D eigenvalue weighted by atomic mass is 19.1. The van der Waals surface area contributed by atoms with Crippen molar-refractivity contribution in [3.05, 3.63) is 18.1 Å². The van der Waals surface area contributed by atoms with E-state index in [9.17, 15) is 4.39 Å². The summed E-state index contributed by atoms with van der Waals surface area (Å²) in [5, 5.41) is 8.66. The predicted molar refractivity (Wildman–Crippen MR) is 57.1 cm³/mol. The van der Waals surface area contributed by atoms with Gasteiger partial charge < -0.3 is 15.6 Å². The Labute approximate surface area is 88.9 Å². The summed E-state index contributed by atoms with van der Waals surface area (Å²) in [5.74, 6) is -0.371. The summed E-state index contributed by atoms with van der Waals surface area (Å²) in [6.45, 7) is 5.54. The Morgan fingerprint density at radius 1 is 1.60 bits per heavy atom. The molecule has 1 atom stereocenters. The Hall–Kier alpha value is -1.36. The predicted octanol–water partition coefficient (Wildman–Crippen LogP) is 1.59. The van der Waals surface area contributed by atoms with Gasteiger partial charge in [-0.25, -0.2) is 9.37 Å². The van der Waals surface area contributed by atoms with Gasteiger partial charge in [-0.3, -0.25) is 0 Å². The van der Waals surface area contributed by atoms with E-state index in [4.69, 9.17) is 15.6 Å². The van der Waals surface area contributed by atoms with Crippen LogP contribution in [0.3, 0.4) is 0 Å². The summed E-state index contributed by atoms with van der Waals surface area (Å²) in [7, 11) is 0. The van der Waals surface area contributed by atoms with Crippen LogP contribution in [0.5, 0.6) is 5.88 Å². The monoisotopic (exact) mass is 216 g/mol. The summed E-state index contributed by atoms with van der Waals surface area (Å²) in [5.41, 5.74) is 5.26. The summed E-state index contributed by atoms with van der Waals surface area (Å²) in [4.78, 5) is 3.64. The molecule has 0 bridgehead atoms. The third-order valence-corrected chi connectivity index (χ3v) is 1.44. The van der Waals surface area contributed by atoms with Crippen LogP contribution in [-0.4, -0.2) is 22.8 Å². The Bertz CT molecular complexity index is 295. The lowest BCUT2D eigenvalue weighted by Crippen LogP contribution is -2.17. The number of aromatic nitrogens is 1. The molecule has 0 aliphatic rings. The van der Waals surface area contributed by atoms with E-state index in [0.29, 0.717) is 0 Å². The first-order valence-corrected chi connectivity index (χ1v) is 4.82. The van der Waals surface area contributed by atoms with E-state index in [-0.39, 0.29) is 24.3 Å². The molecule has 0 radical (unpaired) electrons. The fraction of sp³-hybridized carbons (Fsp3) is 0.500. The number of rotatable bonds is 3. The van der Waals surface area contributed by atoms with Gasteiger partial charge in [-0.2, -0.15) is 0 Å². The molecule has 1 aromatic rings. The molecule has 0 aliphatic heterocycles. The average molecular weight is 216 g/mol. The van der Waals surface area contributed by atoms with E-state index in [1.54, 1.807) is 6.92 Å². The first-order valence-electron chi connectivity index (χ1n) is 4.82. The standard InChI is InChI=1S/C8H11FN2O2.C2H6/c1-5(4-12)13-8-2-7(10)6(9)3-11-8;1-2/h2-3,5,12H,4H2,1H3,(H2,10,11);1-2H3. The number of nitrogens with two attached hydrogens (primary N) is 1. The van der Waals surface area contributed by atoms with Gasteiger partial charge in [0.05, 0.1) is 18.5 Å². The van der Waals surface area contributed by atoms with Gasteiger partial charge in [0, 0.05) is 6.07 Å². The molecule has 0 saturated heterocycles. The molecule has 1 aromatic heterocycles.